The average Bonchev–Trinajstić information content (AvgIpc) is 3.01. The normalized spacial score (nSPS) is 11.0. The maximum Gasteiger partial charge on any atom is 0.165 e. The number of nitrogens with one attached hydrogen (secondary N) is 2. The van der Waals surface area contributed by atoms with Crippen molar-refractivity contribution in [3.8, 4) is 11.5 Å². The van der Waals surface area contributed by atoms with Crippen molar-refractivity contribution < 1.29 is 9.47 Å². The maximum atomic E-state index is 5.49. The third-order valence-corrected chi connectivity index (χ3v) is 4.54. The van der Waals surface area contributed by atoms with E-state index in [1.165, 1.54) is 16.5 Å². The van der Waals surface area contributed by atoms with Crippen molar-refractivity contribution in [2.75, 3.05) is 20.8 Å². The second-order valence-electron chi connectivity index (χ2n) is 5.59. The minimum absolute atomic E-state index is 0.724. The van der Waals surface area contributed by atoms with Gasteiger partial charge < -0.3 is 19.8 Å². The van der Waals surface area contributed by atoms with Crippen molar-refractivity contribution >= 4 is 26.8 Å². The highest BCUT2D eigenvalue weighted by molar-refractivity contribution is 9.10. The summed E-state index contributed by atoms with van der Waals surface area (Å²) in [6.45, 7) is 1.61. The van der Waals surface area contributed by atoms with Gasteiger partial charge in [-0.05, 0) is 36.7 Å². The van der Waals surface area contributed by atoms with E-state index in [9.17, 15) is 0 Å². The van der Waals surface area contributed by atoms with Gasteiger partial charge in [0.1, 0.15) is 0 Å². The summed E-state index contributed by atoms with van der Waals surface area (Å²) < 4.78 is 11.9. The van der Waals surface area contributed by atoms with Gasteiger partial charge in [0.2, 0.25) is 0 Å². The van der Waals surface area contributed by atoms with Crippen molar-refractivity contribution in [1.29, 1.82) is 0 Å². The Labute approximate surface area is 150 Å². The SMILES string of the molecule is COc1cc(Br)cc(CNCCc2c[nH]c3ccccc23)c1OC. The number of aromatic amines is 1. The van der Waals surface area contributed by atoms with Gasteiger partial charge in [0.15, 0.2) is 11.5 Å². The Kier molecular flexibility index (Phi) is 5.43. The van der Waals surface area contributed by atoms with Gasteiger partial charge in [0.25, 0.3) is 0 Å². The number of ether oxygens (including phenoxy) is 2. The third-order valence-electron chi connectivity index (χ3n) is 4.08. The van der Waals surface area contributed by atoms with Crippen LogP contribution in [0.15, 0.2) is 47.1 Å². The van der Waals surface area contributed by atoms with Crippen LogP contribution >= 0.6 is 15.9 Å². The van der Waals surface area contributed by atoms with Crippen molar-refractivity contribution in [2.45, 2.75) is 13.0 Å². The van der Waals surface area contributed by atoms with Crippen LogP contribution in [0.5, 0.6) is 11.5 Å². The third kappa shape index (κ3) is 3.57. The van der Waals surface area contributed by atoms with E-state index in [4.69, 9.17) is 9.47 Å². The molecule has 2 aromatic carbocycles. The van der Waals surface area contributed by atoms with E-state index < -0.39 is 0 Å². The first kappa shape index (κ1) is 16.9. The first-order valence-electron chi connectivity index (χ1n) is 7.89. The Hall–Kier alpha value is -1.98. The zero-order valence-electron chi connectivity index (χ0n) is 13.9. The summed E-state index contributed by atoms with van der Waals surface area (Å²) in [6.07, 6.45) is 3.06. The first-order chi connectivity index (χ1) is 11.7. The Morgan fingerprint density at radius 2 is 1.92 bits per heavy atom. The molecule has 0 atom stereocenters. The maximum absolute atomic E-state index is 5.49. The van der Waals surface area contributed by atoms with Crippen LogP contribution in [0, 0.1) is 0 Å². The highest BCUT2D eigenvalue weighted by Crippen LogP contribution is 2.34. The molecule has 0 radical (unpaired) electrons. The summed E-state index contributed by atoms with van der Waals surface area (Å²) in [5, 5.41) is 4.78. The van der Waals surface area contributed by atoms with Crippen LogP contribution in [0.2, 0.25) is 0 Å². The van der Waals surface area contributed by atoms with E-state index in [-0.39, 0.29) is 0 Å². The molecule has 0 aliphatic carbocycles. The van der Waals surface area contributed by atoms with E-state index in [0.29, 0.717) is 0 Å². The molecule has 2 N–H and O–H groups in total. The predicted molar refractivity (Wildman–Crippen MR) is 101 cm³/mol. The largest absolute Gasteiger partial charge is 0.493 e. The molecule has 4 nitrogen and oxygen atoms in total. The van der Waals surface area contributed by atoms with Gasteiger partial charge in [0.05, 0.1) is 14.2 Å². The average molecular weight is 389 g/mol. The summed E-state index contributed by atoms with van der Waals surface area (Å²) in [6, 6.07) is 12.3. The van der Waals surface area contributed by atoms with E-state index in [1.807, 2.05) is 12.1 Å². The summed E-state index contributed by atoms with van der Waals surface area (Å²) in [5.41, 5.74) is 3.59. The van der Waals surface area contributed by atoms with Crippen molar-refractivity contribution in [3.63, 3.8) is 0 Å². The Morgan fingerprint density at radius 3 is 2.71 bits per heavy atom. The number of halogens is 1. The molecule has 0 unspecified atom stereocenters. The van der Waals surface area contributed by atoms with Crippen molar-refractivity contribution in [3.05, 3.63) is 58.2 Å². The standard InChI is InChI=1S/C19H21BrN2O2/c1-23-18-10-15(20)9-14(19(18)24-2)11-21-8-7-13-12-22-17-6-4-3-5-16(13)17/h3-6,9-10,12,21-22H,7-8,11H2,1-2H3. The Balaban J connectivity index is 1.63. The molecule has 0 aliphatic heterocycles. The molecule has 0 saturated carbocycles. The summed E-state index contributed by atoms with van der Waals surface area (Å²) in [4.78, 5) is 3.32. The Morgan fingerprint density at radius 1 is 1.08 bits per heavy atom. The minimum Gasteiger partial charge on any atom is -0.493 e. The number of benzene rings is 2. The fourth-order valence-electron chi connectivity index (χ4n) is 2.92. The number of H-pyrrole nitrogens is 1. The number of para-hydroxylation sites is 1. The van der Waals surface area contributed by atoms with E-state index >= 15 is 0 Å². The number of hydrogen-bond acceptors (Lipinski definition) is 3. The molecule has 1 heterocycles. The molecule has 0 spiro atoms. The lowest BCUT2D eigenvalue weighted by Crippen LogP contribution is -2.17. The fraction of sp³-hybridized carbons (Fsp3) is 0.263. The summed E-state index contributed by atoms with van der Waals surface area (Å²) >= 11 is 3.52. The van der Waals surface area contributed by atoms with Gasteiger partial charge in [-0.15, -0.1) is 0 Å². The molecule has 5 heteroatoms. The van der Waals surface area contributed by atoms with Crippen molar-refractivity contribution in [1.82, 2.24) is 10.3 Å². The van der Waals surface area contributed by atoms with Gasteiger partial charge in [-0.25, -0.2) is 0 Å². The fourth-order valence-corrected chi connectivity index (χ4v) is 3.41. The summed E-state index contributed by atoms with van der Waals surface area (Å²) in [7, 11) is 3.32. The molecule has 3 aromatic rings. The second kappa shape index (κ2) is 7.73. The molecule has 0 saturated heterocycles. The van der Waals surface area contributed by atoms with Gasteiger partial charge in [-0.2, -0.15) is 0 Å². The lowest BCUT2D eigenvalue weighted by atomic mass is 10.1. The quantitative estimate of drug-likeness (QED) is 0.593. The van der Waals surface area contributed by atoms with Crippen LogP contribution in [0.3, 0.4) is 0 Å². The highest BCUT2D eigenvalue weighted by atomic mass is 79.9. The molecule has 126 valence electrons. The lowest BCUT2D eigenvalue weighted by molar-refractivity contribution is 0.350. The minimum atomic E-state index is 0.724. The number of fused-ring (bicyclic) bond motifs is 1. The molecule has 24 heavy (non-hydrogen) atoms. The van der Waals surface area contributed by atoms with E-state index in [1.54, 1.807) is 14.2 Å². The summed E-state index contributed by atoms with van der Waals surface area (Å²) in [5.74, 6) is 1.51. The van der Waals surface area contributed by atoms with Crippen molar-refractivity contribution in [2.24, 2.45) is 0 Å². The van der Waals surface area contributed by atoms with Crippen LogP contribution in [0.1, 0.15) is 11.1 Å². The van der Waals surface area contributed by atoms with Gasteiger partial charge in [-0.3, -0.25) is 0 Å². The Bertz CT molecular complexity index is 829. The monoisotopic (exact) mass is 388 g/mol. The number of aromatic nitrogens is 1. The molecular formula is C19H21BrN2O2. The first-order valence-corrected chi connectivity index (χ1v) is 8.68. The van der Waals surface area contributed by atoms with Crippen LogP contribution in [0.25, 0.3) is 10.9 Å². The number of hydrogen-bond donors (Lipinski definition) is 2. The highest BCUT2D eigenvalue weighted by Gasteiger charge is 2.11. The predicted octanol–water partition coefficient (Wildman–Crippen LogP) is 4.28. The van der Waals surface area contributed by atoms with Crippen LogP contribution in [0.4, 0.5) is 0 Å². The van der Waals surface area contributed by atoms with Gasteiger partial charge in [0, 0.05) is 33.7 Å². The molecule has 0 aliphatic rings. The lowest BCUT2D eigenvalue weighted by Gasteiger charge is -2.14. The van der Waals surface area contributed by atoms with Crippen LogP contribution < -0.4 is 14.8 Å². The number of rotatable bonds is 7. The van der Waals surface area contributed by atoms with E-state index in [2.05, 4.69) is 56.7 Å². The molecule has 1 aromatic heterocycles. The zero-order valence-corrected chi connectivity index (χ0v) is 15.4. The zero-order chi connectivity index (χ0) is 16.9. The van der Waals surface area contributed by atoms with E-state index in [0.717, 1.165) is 41.0 Å². The smallest absolute Gasteiger partial charge is 0.165 e. The molecule has 0 amide bonds. The molecule has 3 rings (SSSR count). The van der Waals surface area contributed by atoms with Crippen LogP contribution in [-0.4, -0.2) is 25.7 Å². The number of methoxy groups -OCH3 is 2. The molecule has 0 bridgehead atoms. The van der Waals surface area contributed by atoms with Gasteiger partial charge >= 0.3 is 0 Å². The molecular weight excluding hydrogens is 368 g/mol. The topological polar surface area (TPSA) is 46.3 Å². The van der Waals surface area contributed by atoms with Crippen LogP contribution in [-0.2, 0) is 13.0 Å². The van der Waals surface area contributed by atoms with Gasteiger partial charge in [-0.1, -0.05) is 34.1 Å². The molecule has 0 fully saturated rings. The second-order valence-corrected chi connectivity index (χ2v) is 6.50.